The average Bonchev–Trinajstić information content (AvgIpc) is 3.01. The lowest BCUT2D eigenvalue weighted by molar-refractivity contribution is -0.120. The van der Waals surface area contributed by atoms with E-state index in [9.17, 15) is 9.59 Å². The van der Waals surface area contributed by atoms with Gasteiger partial charge < -0.3 is 10.2 Å². The maximum atomic E-state index is 12.1. The highest BCUT2D eigenvalue weighted by Gasteiger charge is 2.21. The number of carbonyl (C=O) groups is 2. The van der Waals surface area contributed by atoms with E-state index >= 15 is 0 Å². The molecule has 1 aliphatic heterocycles. The van der Waals surface area contributed by atoms with Crippen molar-refractivity contribution >= 4 is 17.5 Å². The van der Waals surface area contributed by atoms with Gasteiger partial charge in [0.2, 0.25) is 11.8 Å². The Bertz CT molecular complexity index is 720. The Kier molecular flexibility index (Phi) is 4.94. The van der Waals surface area contributed by atoms with E-state index in [0.717, 1.165) is 29.8 Å². The predicted molar refractivity (Wildman–Crippen MR) is 94.8 cm³/mol. The van der Waals surface area contributed by atoms with E-state index in [1.54, 1.807) is 4.90 Å². The molecule has 4 nitrogen and oxygen atoms in total. The van der Waals surface area contributed by atoms with E-state index in [1.807, 2.05) is 55.5 Å². The second-order valence-electron chi connectivity index (χ2n) is 6.25. The molecule has 24 heavy (non-hydrogen) atoms. The third-order valence-electron chi connectivity index (χ3n) is 4.30. The maximum Gasteiger partial charge on any atom is 0.227 e. The Balaban J connectivity index is 1.52. The first kappa shape index (κ1) is 16.2. The molecule has 0 bridgehead atoms. The maximum absolute atomic E-state index is 12.1. The third-order valence-corrected chi connectivity index (χ3v) is 4.30. The smallest absolute Gasteiger partial charge is 0.227 e. The SMILES string of the molecule is Cc1ccc(CNC(=O)Cc2ccc(N3CCCC3=O)cc2)cc1. The number of amides is 2. The number of nitrogens with zero attached hydrogens (tertiary/aromatic N) is 1. The molecule has 0 spiro atoms. The fourth-order valence-corrected chi connectivity index (χ4v) is 2.87. The van der Waals surface area contributed by atoms with E-state index < -0.39 is 0 Å². The number of anilines is 1. The molecule has 1 saturated heterocycles. The highest BCUT2D eigenvalue weighted by Crippen LogP contribution is 2.21. The first-order valence-corrected chi connectivity index (χ1v) is 8.33. The number of hydrogen-bond acceptors (Lipinski definition) is 2. The van der Waals surface area contributed by atoms with Crippen molar-refractivity contribution in [3.05, 3.63) is 65.2 Å². The summed E-state index contributed by atoms with van der Waals surface area (Å²) in [5, 5.41) is 2.94. The van der Waals surface area contributed by atoms with Gasteiger partial charge in [0, 0.05) is 25.2 Å². The van der Waals surface area contributed by atoms with Crippen molar-refractivity contribution in [2.75, 3.05) is 11.4 Å². The molecule has 2 aromatic rings. The van der Waals surface area contributed by atoms with Gasteiger partial charge in [0.1, 0.15) is 0 Å². The molecule has 3 rings (SSSR count). The number of rotatable bonds is 5. The van der Waals surface area contributed by atoms with Gasteiger partial charge in [0.25, 0.3) is 0 Å². The van der Waals surface area contributed by atoms with Crippen molar-refractivity contribution in [3.63, 3.8) is 0 Å². The van der Waals surface area contributed by atoms with E-state index in [-0.39, 0.29) is 11.8 Å². The van der Waals surface area contributed by atoms with Crippen molar-refractivity contribution in [2.45, 2.75) is 32.7 Å². The number of aryl methyl sites for hydroxylation is 1. The summed E-state index contributed by atoms with van der Waals surface area (Å²) in [5.74, 6) is 0.180. The van der Waals surface area contributed by atoms with E-state index in [1.165, 1.54) is 5.56 Å². The second kappa shape index (κ2) is 7.30. The Morgan fingerprint density at radius 3 is 2.33 bits per heavy atom. The van der Waals surface area contributed by atoms with Gasteiger partial charge in [-0.15, -0.1) is 0 Å². The van der Waals surface area contributed by atoms with Crippen LogP contribution in [0.3, 0.4) is 0 Å². The predicted octanol–water partition coefficient (Wildman–Crippen LogP) is 2.98. The van der Waals surface area contributed by atoms with Gasteiger partial charge in [-0.05, 0) is 36.6 Å². The Morgan fingerprint density at radius 1 is 1.04 bits per heavy atom. The first-order valence-electron chi connectivity index (χ1n) is 8.33. The van der Waals surface area contributed by atoms with Crippen LogP contribution in [0.2, 0.25) is 0 Å². The number of benzene rings is 2. The minimum atomic E-state index is 0.000531. The summed E-state index contributed by atoms with van der Waals surface area (Å²) in [4.78, 5) is 25.6. The third kappa shape index (κ3) is 4.02. The van der Waals surface area contributed by atoms with Crippen LogP contribution in [0.25, 0.3) is 0 Å². The highest BCUT2D eigenvalue weighted by atomic mass is 16.2. The molecule has 2 amide bonds. The van der Waals surface area contributed by atoms with Crippen LogP contribution in [0.1, 0.15) is 29.5 Å². The molecule has 2 aromatic carbocycles. The topological polar surface area (TPSA) is 49.4 Å². The summed E-state index contributed by atoms with van der Waals surface area (Å²) in [6.07, 6.45) is 1.89. The molecule has 4 heteroatoms. The fraction of sp³-hybridized carbons (Fsp3) is 0.300. The van der Waals surface area contributed by atoms with Gasteiger partial charge in [-0.3, -0.25) is 9.59 Å². The van der Waals surface area contributed by atoms with E-state index in [2.05, 4.69) is 5.32 Å². The molecular formula is C20H22N2O2. The monoisotopic (exact) mass is 322 g/mol. The largest absolute Gasteiger partial charge is 0.352 e. The van der Waals surface area contributed by atoms with Crippen molar-refractivity contribution in [3.8, 4) is 0 Å². The standard InChI is InChI=1S/C20H22N2O2/c1-15-4-6-17(7-5-15)14-21-19(23)13-16-8-10-18(11-9-16)22-12-2-3-20(22)24/h4-11H,2-3,12-14H2,1H3,(H,21,23). The summed E-state index contributed by atoms with van der Waals surface area (Å²) in [6, 6.07) is 15.8. The second-order valence-corrected chi connectivity index (χ2v) is 6.25. The normalized spacial score (nSPS) is 14.0. The van der Waals surface area contributed by atoms with Crippen LogP contribution < -0.4 is 10.2 Å². The molecule has 0 aromatic heterocycles. The summed E-state index contributed by atoms with van der Waals surface area (Å²) in [5.41, 5.74) is 4.17. The van der Waals surface area contributed by atoms with Crippen LogP contribution in [0.4, 0.5) is 5.69 Å². The number of carbonyl (C=O) groups excluding carboxylic acids is 2. The molecule has 0 unspecified atom stereocenters. The van der Waals surface area contributed by atoms with Crippen molar-refractivity contribution in [1.29, 1.82) is 0 Å². The summed E-state index contributed by atoms with van der Waals surface area (Å²) in [7, 11) is 0. The van der Waals surface area contributed by atoms with E-state index in [0.29, 0.717) is 19.4 Å². The highest BCUT2D eigenvalue weighted by molar-refractivity contribution is 5.95. The molecule has 0 aliphatic carbocycles. The fourth-order valence-electron chi connectivity index (χ4n) is 2.87. The van der Waals surface area contributed by atoms with Crippen molar-refractivity contribution in [1.82, 2.24) is 5.32 Å². The van der Waals surface area contributed by atoms with Crippen LogP contribution in [-0.4, -0.2) is 18.4 Å². The molecule has 124 valence electrons. The zero-order chi connectivity index (χ0) is 16.9. The molecule has 1 fully saturated rings. The minimum absolute atomic E-state index is 0.000531. The van der Waals surface area contributed by atoms with Crippen LogP contribution in [0.5, 0.6) is 0 Å². The van der Waals surface area contributed by atoms with Crippen LogP contribution in [-0.2, 0) is 22.6 Å². The van der Waals surface area contributed by atoms with Crippen LogP contribution in [0, 0.1) is 6.92 Å². The van der Waals surface area contributed by atoms with Gasteiger partial charge >= 0.3 is 0 Å². The Hall–Kier alpha value is -2.62. The van der Waals surface area contributed by atoms with Gasteiger partial charge in [-0.25, -0.2) is 0 Å². The lowest BCUT2D eigenvalue weighted by Crippen LogP contribution is -2.25. The minimum Gasteiger partial charge on any atom is -0.352 e. The molecule has 0 saturated carbocycles. The lowest BCUT2D eigenvalue weighted by Gasteiger charge is -2.15. The van der Waals surface area contributed by atoms with Gasteiger partial charge in [0.05, 0.1) is 6.42 Å². The molecule has 0 radical (unpaired) electrons. The first-order chi connectivity index (χ1) is 11.6. The molecule has 1 N–H and O–H groups in total. The van der Waals surface area contributed by atoms with Crippen LogP contribution >= 0.6 is 0 Å². The van der Waals surface area contributed by atoms with Gasteiger partial charge in [-0.1, -0.05) is 42.0 Å². The van der Waals surface area contributed by atoms with E-state index in [4.69, 9.17) is 0 Å². The average molecular weight is 322 g/mol. The zero-order valence-electron chi connectivity index (χ0n) is 13.9. The lowest BCUT2D eigenvalue weighted by atomic mass is 10.1. The van der Waals surface area contributed by atoms with Gasteiger partial charge in [0.15, 0.2) is 0 Å². The summed E-state index contributed by atoms with van der Waals surface area (Å²) >= 11 is 0. The number of nitrogens with one attached hydrogen (secondary N) is 1. The van der Waals surface area contributed by atoms with Crippen LogP contribution in [0.15, 0.2) is 48.5 Å². The van der Waals surface area contributed by atoms with Crippen molar-refractivity contribution < 1.29 is 9.59 Å². The molecule has 1 heterocycles. The Morgan fingerprint density at radius 2 is 1.71 bits per heavy atom. The zero-order valence-corrected chi connectivity index (χ0v) is 13.9. The van der Waals surface area contributed by atoms with Gasteiger partial charge in [-0.2, -0.15) is 0 Å². The Labute approximate surface area is 142 Å². The number of hydrogen-bond donors (Lipinski definition) is 1. The molecule has 0 atom stereocenters. The molecular weight excluding hydrogens is 300 g/mol. The summed E-state index contributed by atoms with van der Waals surface area (Å²) in [6.45, 7) is 3.37. The molecule has 1 aliphatic rings. The van der Waals surface area contributed by atoms with Crippen molar-refractivity contribution in [2.24, 2.45) is 0 Å². The summed E-state index contributed by atoms with van der Waals surface area (Å²) < 4.78 is 0. The quantitative estimate of drug-likeness (QED) is 0.920.